The maximum Gasteiger partial charge on any atom is 0.340 e. The second-order valence-corrected chi connectivity index (χ2v) is 8.34. The lowest BCUT2D eigenvalue weighted by molar-refractivity contribution is 0.0474. The summed E-state index contributed by atoms with van der Waals surface area (Å²) in [7, 11) is -4.01. The molecule has 0 saturated carbocycles. The Labute approximate surface area is 178 Å². The van der Waals surface area contributed by atoms with Gasteiger partial charge in [0.05, 0.1) is 16.1 Å². The van der Waals surface area contributed by atoms with Gasteiger partial charge >= 0.3 is 5.97 Å². The van der Waals surface area contributed by atoms with Crippen molar-refractivity contribution < 1.29 is 31.8 Å². The quantitative estimate of drug-likeness (QED) is 0.584. The normalized spacial score (nSPS) is 12.8. The van der Waals surface area contributed by atoms with E-state index in [1.165, 1.54) is 54.6 Å². The SMILES string of the molecule is O=C(OCc1ccc(F)cc1)c1ccccc1NS(=O)(=O)c1ccc2c(c1)OCCO2. The molecule has 0 unspecified atom stereocenters. The maximum atomic E-state index is 13.0. The van der Waals surface area contributed by atoms with Gasteiger partial charge in [-0.05, 0) is 42.0 Å². The highest BCUT2D eigenvalue weighted by molar-refractivity contribution is 7.92. The maximum absolute atomic E-state index is 13.0. The van der Waals surface area contributed by atoms with Crippen LogP contribution in [0.5, 0.6) is 11.5 Å². The van der Waals surface area contributed by atoms with E-state index in [0.29, 0.717) is 30.3 Å². The van der Waals surface area contributed by atoms with E-state index in [4.69, 9.17) is 14.2 Å². The molecular formula is C22H18FNO6S. The lowest BCUT2D eigenvalue weighted by Gasteiger charge is -2.19. The highest BCUT2D eigenvalue weighted by atomic mass is 32.2. The molecule has 31 heavy (non-hydrogen) atoms. The molecule has 0 fully saturated rings. The largest absolute Gasteiger partial charge is 0.486 e. The highest BCUT2D eigenvalue weighted by Crippen LogP contribution is 2.33. The number of esters is 1. The fourth-order valence-corrected chi connectivity index (χ4v) is 4.05. The van der Waals surface area contributed by atoms with Crippen LogP contribution in [0.1, 0.15) is 15.9 Å². The Bertz CT molecular complexity index is 1210. The van der Waals surface area contributed by atoms with Crippen LogP contribution in [0.15, 0.2) is 71.6 Å². The summed E-state index contributed by atoms with van der Waals surface area (Å²) in [5.41, 5.74) is 0.719. The summed E-state index contributed by atoms with van der Waals surface area (Å²) in [4.78, 5) is 12.5. The zero-order chi connectivity index (χ0) is 21.8. The van der Waals surface area contributed by atoms with Crippen LogP contribution in [0.25, 0.3) is 0 Å². The number of hydrogen-bond donors (Lipinski definition) is 1. The standard InChI is InChI=1S/C22H18FNO6S/c23-16-7-5-15(6-8-16)14-30-22(25)18-3-1-2-4-19(18)24-31(26,27)17-9-10-20-21(13-17)29-12-11-28-20/h1-10,13,24H,11-12,14H2. The number of hydrogen-bond acceptors (Lipinski definition) is 6. The van der Waals surface area contributed by atoms with E-state index in [0.717, 1.165) is 0 Å². The van der Waals surface area contributed by atoms with Gasteiger partial charge in [-0.1, -0.05) is 24.3 Å². The monoisotopic (exact) mass is 443 g/mol. The number of fused-ring (bicyclic) bond motifs is 1. The number of sulfonamides is 1. The van der Waals surface area contributed by atoms with Gasteiger partial charge in [0.25, 0.3) is 10.0 Å². The predicted molar refractivity (Wildman–Crippen MR) is 110 cm³/mol. The van der Waals surface area contributed by atoms with Crippen LogP contribution in [-0.2, 0) is 21.4 Å². The molecule has 0 amide bonds. The van der Waals surface area contributed by atoms with E-state index in [-0.39, 0.29) is 22.8 Å². The molecule has 9 heteroatoms. The fraction of sp³-hybridized carbons (Fsp3) is 0.136. The van der Waals surface area contributed by atoms with Crippen molar-refractivity contribution in [2.75, 3.05) is 17.9 Å². The van der Waals surface area contributed by atoms with Crippen LogP contribution >= 0.6 is 0 Å². The number of ether oxygens (including phenoxy) is 3. The first-order valence-electron chi connectivity index (χ1n) is 9.35. The first kappa shape index (κ1) is 20.7. The van der Waals surface area contributed by atoms with Crippen molar-refractivity contribution in [1.29, 1.82) is 0 Å². The van der Waals surface area contributed by atoms with Gasteiger partial charge < -0.3 is 14.2 Å². The molecule has 3 aromatic carbocycles. The molecule has 0 aliphatic carbocycles. The molecule has 1 aliphatic heterocycles. The summed E-state index contributed by atoms with van der Waals surface area (Å²) in [6.07, 6.45) is 0. The Balaban J connectivity index is 1.52. The topological polar surface area (TPSA) is 90.9 Å². The van der Waals surface area contributed by atoms with Crippen molar-refractivity contribution in [3.8, 4) is 11.5 Å². The van der Waals surface area contributed by atoms with Gasteiger partial charge in [0.1, 0.15) is 25.6 Å². The minimum atomic E-state index is -4.01. The van der Waals surface area contributed by atoms with Crippen molar-refractivity contribution >= 4 is 21.7 Å². The summed E-state index contributed by atoms with van der Waals surface area (Å²) in [6.45, 7) is 0.639. The Hall–Kier alpha value is -3.59. The number of carbonyl (C=O) groups is 1. The zero-order valence-electron chi connectivity index (χ0n) is 16.2. The summed E-state index contributed by atoms with van der Waals surface area (Å²) in [5, 5.41) is 0. The molecule has 0 aromatic heterocycles. The van der Waals surface area contributed by atoms with E-state index in [9.17, 15) is 17.6 Å². The minimum Gasteiger partial charge on any atom is -0.486 e. The third-order valence-electron chi connectivity index (χ3n) is 4.50. The summed E-state index contributed by atoms with van der Waals surface area (Å²) in [6, 6.07) is 15.9. The van der Waals surface area contributed by atoms with Crippen LogP contribution in [0.4, 0.5) is 10.1 Å². The predicted octanol–water partition coefficient (Wildman–Crippen LogP) is 3.75. The van der Waals surface area contributed by atoms with Crippen LogP contribution in [-0.4, -0.2) is 27.6 Å². The number of benzene rings is 3. The molecule has 0 bridgehead atoms. The molecule has 1 aliphatic rings. The lowest BCUT2D eigenvalue weighted by Crippen LogP contribution is -2.18. The molecule has 0 saturated heterocycles. The molecular weight excluding hydrogens is 425 g/mol. The van der Waals surface area contributed by atoms with Crippen LogP contribution in [0.3, 0.4) is 0 Å². The molecule has 0 spiro atoms. The van der Waals surface area contributed by atoms with Gasteiger partial charge in [0.2, 0.25) is 0 Å². The summed E-state index contributed by atoms with van der Waals surface area (Å²) in [5.74, 6) is -0.310. The van der Waals surface area contributed by atoms with E-state index in [1.54, 1.807) is 12.1 Å². The zero-order valence-corrected chi connectivity index (χ0v) is 17.0. The number of para-hydroxylation sites is 1. The van der Waals surface area contributed by atoms with Crippen LogP contribution < -0.4 is 14.2 Å². The number of rotatable bonds is 6. The van der Waals surface area contributed by atoms with Gasteiger partial charge in [-0.15, -0.1) is 0 Å². The molecule has 1 N–H and O–H groups in total. The third kappa shape index (κ3) is 4.77. The number of nitrogens with one attached hydrogen (secondary N) is 1. The number of carbonyl (C=O) groups excluding carboxylic acids is 1. The smallest absolute Gasteiger partial charge is 0.340 e. The third-order valence-corrected chi connectivity index (χ3v) is 5.86. The average Bonchev–Trinajstić information content (AvgIpc) is 2.78. The second kappa shape index (κ2) is 8.65. The number of halogens is 1. The van der Waals surface area contributed by atoms with Gasteiger partial charge in [-0.2, -0.15) is 0 Å². The van der Waals surface area contributed by atoms with Crippen molar-refractivity contribution in [3.05, 3.63) is 83.7 Å². The van der Waals surface area contributed by atoms with Crippen molar-refractivity contribution in [2.24, 2.45) is 0 Å². The van der Waals surface area contributed by atoms with E-state index >= 15 is 0 Å². The molecule has 1 heterocycles. The molecule has 4 rings (SSSR count). The van der Waals surface area contributed by atoms with Crippen LogP contribution in [0.2, 0.25) is 0 Å². The van der Waals surface area contributed by atoms with E-state index < -0.39 is 21.8 Å². The summed E-state index contributed by atoms with van der Waals surface area (Å²) < 4.78 is 57.3. The molecule has 0 radical (unpaired) electrons. The van der Waals surface area contributed by atoms with Crippen molar-refractivity contribution in [1.82, 2.24) is 0 Å². The second-order valence-electron chi connectivity index (χ2n) is 6.66. The average molecular weight is 443 g/mol. The van der Waals surface area contributed by atoms with Gasteiger partial charge in [0.15, 0.2) is 11.5 Å². The molecule has 160 valence electrons. The minimum absolute atomic E-state index is 0.0359. The Kier molecular flexibility index (Phi) is 5.77. The first-order chi connectivity index (χ1) is 14.9. The van der Waals surface area contributed by atoms with Crippen molar-refractivity contribution in [2.45, 2.75) is 11.5 Å². The van der Waals surface area contributed by atoms with Crippen molar-refractivity contribution in [3.63, 3.8) is 0 Å². The Morgan fingerprint density at radius 3 is 2.45 bits per heavy atom. The Morgan fingerprint density at radius 2 is 1.68 bits per heavy atom. The highest BCUT2D eigenvalue weighted by Gasteiger charge is 2.22. The first-order valence-corrected chi connectivity index (χ1v) is 10.8. The Morgan fingerprint density at radius 1 is 0.968 bits per heavy atom. The van der Waals surface area contributed by atoms with Gasteiger partial charge in [0, 0.05) is 6.07 Å². The van der Waals surface area contributed by atoms with Gasteiger partial charge in [-0.25, -0.2) is 17.6 Å². The summed E-state index contributed by atoms with van der Waals surface area (Å²) >= 11 is 0. The lowest BCUT2D eigenvalue weighted by atomic mass is 10.2. The van der Waals surface area contributed by atoms with Crippen LogP contribution in [0, 0.1) is 5.82 Å². The molecule has 0 atom stereocenters. The van der Waals surface area contributed by atoms with Gasteiger partial charge in [-0.3, -0.25) is 4.72 Å². The molecule has 3 aromatic rings. The number of anilines is 1. The molecule has 7 nitrogen and oxygen atoms in total. The van der Waals surface area contributed by atoms with E-state index in [2.05, 4.69) is 4.72 Å². The van der Waals surface area contributed by atoms with E-state index in [1.807, 2.05) is 0 Å². The fourth-order valence-electron chi connectivity index (χ4n) is 2.95.